The van der Waals surface area contributed by atoms with Crippen molar-refractivity contribution >= 4 is 5.97 Å². The van der Waals surface area contributed by atoms with Crippen LogP contribution in [0.4, 0.5) is 26.3 Å². The van der Waals surface area contributed by atoms with Gasteiger partial charge >= 0.3 is 18.3 Å². The zero-order valence-corrected chi connectivity index (χ0v) is 11.7. The van der Waals surface area contributed by atoms with Crippen LogP contribution in [0, 0.1) is 0 Å². The number of carbonyl (C=O) groups excluding carboxylic acids is 1. The Labute approximate surface area is 122 Å². The number of halogens is 6. The van der Waals surface area contributed by atoms with Crippen LogP contribution in [-0.2, 0) is 17.1 Å². The molecule has 124 valence electrons. The number of rotatable bonds is 4. The molecule has 0 aliphatic rings. The first kappa shape index (κ1) is 18.3. The van der Waals surface area contributed by atoms with E-state index in [0.29, 0.717) is 0 Å². The zero-order valence-electron chi connectivity index (χ0n) is 11.7. The molecule has 9 heteroatoms. The molecule has 0 saturated heterocycles. The van der Waals surface area contributed by atoms with Crippen molar-refractivity contribution in [3.8, 4) is 0 Å². The minimum absolute atomic E-state index is 0.154. The second-order valence-corrected chi connectivity index (χ2v) is 4.70. The van der Waals surface area contributed by atoms with Gasteiger partial charge in [-0.25, -0.2) is 4.79 Å². The number of ether oxygens (including phenoxy) is 1. The molecule has 0 aliphatic heterocycles. The van der Waals surface area contributed by atoms with Gasteiger partial charge in [0.25, 0.3) is 0 Å². The highest BCUT2D eigenvalue weighted by molar-refractivity contribution is 5.91. The van der Waals surface area contributed by atoms with Crippen molar-refractivity contribution in [2.45, 2.75) is 12.4 Å². The molecule has 1 aromatic rings. The number of nitrogens with zero attached hydrogens (tertiary/aromatic N) is 1. The van der Waals surface area contributed by atoms with E-state index in [1.807, 2.05) is 0 Å². The average molecular weight is 329 g/mol. The molecule has 0 aliphatic carbocycles. The summed E-state index contributed by atoms with van der Waals surface area (Å²) in [5, 5.41) is 0. The molecule has 1 aromatic carbocycles. The molecule has 3 nitrogen and oxygen atoms in total. The molecule has 0 N–H and O–H groups in total. The lowest BCUT2D eigenvalue weighted by Crippen LogP contribution is -2.22. The fraction of sp³-hybridized carbons (Fsp3) is 0.462. The number of esters is 1. The van der Waals surface area contributed by atoms with Gasteiger partial charge in [-0.05, 0) is 32.3 Å². The van der Waals surface area contributed by atoms with Gasteiger partial charge in [0.2, 0.25) is 0 Å². The average Bonchev–Trinajstić information content (AvgIpc) is 2.35. The van der Waals surface area contributed by atoms with E-state index < -0.39 is 35.0 Å². The minimum Gasteiger partial charge on any atom is -0.461 e. The first-order valence-corrected chi connectivity index (χ1v) is 6.03. The molecule has 0 fully saturated rings. The SMILES string of the molecule is CN(C)CCOC(=O)c1cc(C(F)(F)F)ccc1C(F)(F)F. The molecule has 0 unspecified atom stereocenters. The van der Waals surface area contributed by atoms with E-state index in [1.54, 1.807) is 19.0 Å². The number of alkyl halides is 6. The van der Waals surface area contributed by atoms with Gasteiger partial charge in [-0.15, -0.1) is 0 Å². The lowest BCUT2D eigenvalue weighted by atomic mass is 10.0. The fourth-order valence-corrected chi connectivity index (χ4v) is 1.54. The molecule has 22 heavy (non-hydrogen) atoms. The highest BCUT2D eigenvalue weighted by Crippen LogP contribution is 2.36. The van der Waals surface area contributed by atoms with Gasteiger partial charge < -0.3 is 9.64 Å². The van der Waals surface area contributed by atoms with E-state index in [2.05, 4.69) is 4.74 Å². The molecular formula is C13H13F6NO2. The number of likely N-dealkylation sites (N-methyl/N-ethyl adjacent to an activating group) is 1. The second kappa shape index (κ2) is 6.55. The van der Waals surface area contributed by atoms with Crippen LogP contribution in [0.5, 0.6) is 0 Å². The summed E-state index contributed by atoms with van der Waals surface area (Å²) in [4.78, 5) is 13.3. The monoisotopic (exact) mass is 329 g/mol. The maximum Gasteiger partial charge on any atom is 0.417 e. The van der Waals surface area contributed by atoms with Crippen LogP contribution in [0.25, 0.3) is 0 Å². The number of hydrogen-bond acceptors (Lipinski definition) is 3. The summed E-state index contributed by atoms with van der Waals surface area (Å²) in [6.07, 6.45) is -9.82. The van der Waals surface area contributed by atoms with Crippen molar-refractivity contribution in [3.63, 3.8) is 0 Å². The molecule has 0 atom stereocenters. The summed E-state index contributed by atoms with van der Waals surface area (Å²) >= 11 is 0. The van der Waals surface area contributed by atoms with Crippen molar-refractivity contribution in [2.24, 2.45) is 0 Å². The van der Waals surface area contributed by atoms with Gasteiger partial charge in [-0.3, -0.25) is 0 Å². The first-order chi connectivity index (χ1) is 9.93. The third kappa shape index (κ3) is 4.90. The van der Waals surface area contributed by atoms with Crippen LogP contribution >= 0.6 is 0 Å². The molecule has 0 spiro atoms. The maximum absolute atomic E-state index is 12.8. The quantitative estimate of drug-likeness (QED) is 0.626. The van der Waals surface area contributed by atoms with Crippen LogP contribution in [0.3, 0.4) is 0 Å². The predicted molar refractivity (Wildman–Crippen MR) is 65.3 cm³/mol. The highest BCUT2D eigenvalue weighted by Gasteiger charge is 2.39. The van der Waals surface area contributed by atoms with Gasteiger partial charge in [0, 0.05) is 6.54 Å². The molecule has 0 bridgehead atoms. The van der Waals surface area contributed by atoms with E-state index in [4.69, 9.17) is 0 Å². The van der Waals surface area contributed by atoms with Crippen molar-refractivity contribution in [1.29, 1.82) is 0 Å². The van der Waals surface area contributed by atoms with Gasteiger partial charge in [-0.2, -0.15) is 26.3 Å². The number of hydrogen-bond donors (Lipinski definition) is 0. The number of benzene rings is 1. The largest absolute Gasteiger partial charge is 0.461 e. The van der Waals surface area contributed by atoms with E-state index in [-0.39, 0.29) is 31.4 Å². The topological polar surface area (TPSA) is 29.5 Å². The van der Waals surface area contributed by atoms with Crippen LogP contribution < -0.4 is 0 Å². The third-order valence-corrected chi connectivity index (χ3v) is 2.64. The Morgan fingerprint density at radius 2 is 1.68 bits per heavy atom. The molecular weight excluding hydrogens is 316 g/mol. The van der Waals surface area contributed by atoms with Crippen molar-refractivity contribution < 1.29 is 35.9 Å². The Morgan fingerprint density at radius 3 is 2.14 bits per heavy atom. The van der Waals surface area contributed by atoms with Crippen LogP contribution in [0.1, 0.15) is 21.5 Å². The van der Waals surface area contributed by atoms with Gasteiger partial charge in [-0.1, -0.05) is 0 Å². The Morgan fingerprint density at radius 1 is 1.09 bits per heavy atom. The lowest BCUT2D eigenvalue weighted by molar-refractivity contribution is -0.141. The van der Waals surface area contributed by atoms with Crippen molar-refractivity contribution in [3.05, 3.63) is 34.9 Å². The lowest BCUT2D eigenvalue weighted by Gasteiger charge is -2.16. The van der Waals surface area contributed by atoms with E-state index >= 15 is 0 Å². The van der Waals surface area contributed by atoms with E-state index in [9.17, 15) is 31.1 Å². The normalized spacial score (nSPS) is 12.6. The summed E-state index contributed by atoms with van der Waals surface area (Å²) in [7, 11) is 3.28. The fourth-order valence-electron chi connectivity index (χ4n) is 1.54. The van der Waals surface area contributed by atoms with Crippen LogP contribution in [0.2, 0.25) is 0 Å². The first-order valence-electron chi connectivity index (χ1n) is 6.03. The predicted octanol–water partition coefficient (Wildman–Crippen LogP) is 3.44. The highest BCUT2D eigenvalue weighted by atomic mass is 19.4. The molecule has 0 radical (unpaired) electrons. The van der Waals surface area contributed by atoms with Gasteiger partial charge in [0.1, 0.15) is 6.61 Å². The Hall–Kier alpha value is -1.77. The van der Waals surface area contributed by atoms with Crippen LogP contribution in [-0.4, -0.2) is 38.1 Å². The molecule has 0 aromatic heterocycles. The second-order valence-electron chi connectivity index (χ2n) is 4.70. The van der Waals surface area contributed by atoms with E-state index in [0.717, 1.165) is 0 Å². The maximum atomic E-state index is 12.8. The third-order valence-electron chi connectivity index (χ3n) is 2.64. The zero-order chi connectivity index (χ0) is 17.1. The molecule has 0 heterocycles. The summed E-state index contributed by atoms with van der Waals surface area (Å²) in [6, 6.07) is 0.658. The summed E-state index contributed by atoms with van der Waals surface area (Å²) in [6.45, 7) is -0.00850. The van der Waals surface area contributed by atoms with E-state index in [1.165, 1.54) is 0 Å². The smallest absolute Gasteiger partial charge is 0.417 e. The molecule has 1 rings (SSSR count). The van der Waals surface area contributed by atoms with Gasteiger partial charge in [0.15, 0.2) is 0 Å². The summed E-state index contributed by atoms with van der Waals surface area (Å²) in [5.74, 6) is -1.44. The Bertz CT molecular complexity index is 536. The van der Waals surface area contributed by atoms with Gasteiger partial charge in [0.05, 0.1) is 16.7 Å². The van der Waals surface area contributed by atoms with Crippen molar-refractivity contribution in [2.75, 3.05) is 27.2 Å². The minimum atomic E-state index is -4.96. The Kier molecular flexibility index (Phi) is 5.44. The standard InChI is InChI=1S/C13H13F6NO2/c1-20(2)5-6-22-11(21)9-7-8(12(14,15)16)3-4-10(9)13(17,18)19/h3-4,7H,5-6H2,1-2H3. The summed E-state index contributed by atoms with van der Waals surface area (Å²) < 4.78 is 80.7. The van der Waals surface area contributed by atoms with Crippen LogP contribution in [0.15, 0.2) is 18.2 Å². The Balaban J connectivity index is 3.14. The number of carbonyl (C=O) groups is 1. The summed E-state index contributed by atoms with van der Waals surface area (Å²) in [5.41, 5.74) is -3.96. The molecule has 0 amide bonds. The molecule has 0 saturated carbocycles. The van der Waals surface area contributed by atoms with Crippen molar-refractivity contribution in [1.82, 2.24) is 4.90 Å².